The lowest BCUT2D eigenvalue weighted by Crippen LogP contribution is -2.40. The molecule has 0 radical (unpaired) electrons. The van der Waals surface area contributed by atoms with Crippen LogP contribution in [-0.2, 0) is 4.79 Å². The zero-order chi connectivity index (χ0) is 13.9. The maximum Gasteiger partial charge on any atom is 0.241 e. The topological polar surface area (TPSA) is 58.4 Å². The first-order valence-corrected chi connectivity index (χ1v) is 6.24. The first-order chi connectivity index (χ1) is 8.32. The fraction of sp³-hybridized carbons (Fsp3) is 0.462. The molecule has 0 spiro atoms. The summed E-state index contributed by atoms with van der Waals surface area (Å²) in [6, 6.07) is 4.84. The Morgan fingerprint density at radius 2 is 2.00 bits per heavy atom. The molecular formula is C13H20ClN3O. The lowest BCUT2D eigenvalue weighted by Gasteiger charge is -2.20. The molecule has 1 rings (SSSR count). The highest BCUT2D eigenvalue weighted by atomic mass is 35.5. The molecule has 1 amide bonds. The number of halogens is 1. The minimum absolute atomic E-state index is 0.0898. The van der Waals surface area contributed by atoms with Crippen LogP contribution in [0.3, 0.4) is 0 Å². The number of hydrogen-bond acceptors (Lipinski definition) is 3. The van der Waals surface area contributed by atoms with E-state index in [1.807, 2.05) is 38.9 Å². The molecule has 1 atom stereocenters. The van der Waals surface area contributed by atoms with Crippen LogP contribution in [-0.4, -0.2) is 26.0 Å². The van der Waals surface area contributed by atoms with Crippen molar-refractivity contribution in [2.24, 2.45) is 11.7 Å². The maximum atomic E-state index is 11.9. The van der Waals surface area contributed by atoms with E-state index < -0.39 is 6.04 Å². The SMILES string of the molecule is CC(C)[C@H](N)C(=O)Nc1cc(Cl)ccc1N(C)C. The highest BCUT2D eigenvalue weighted by molar-refractivity contribution is 6.31. The van der Waals surface area contributed by atoms with Crippen LogP contribution in [0.2, 0.25) is 5.02 Å². The second-order valence-corrected chi connectivity index (χ2v) is 5.25. The number of nitrogens with zero attached hydrogens (tertiary/aromatic N) is 1. The van der Waals surface area contributed by atoms with E-state index in [4.69, 9.17) is 17.3 Å². The fourth-order valence-corrected chi connectivity index (χ4v) is 1.69. The van der Waals surface area contributed by atoms with E-state index in [0.717, 1.165) is 5.69 Å². The van der Waals surface area contributed by atoms with Gasteiger partial charge in [0.1, 0.15) is 0 Å². The van der Waals surface area contributed by atoms with Gasteiger partial charge in [0, 0.05) is 19.1 Å². The molecule has 0 aliphatic rings. The van der Waals surface area contributed by atoms with E-state index in [1.165, 1.54) is 0 Å². The Morgan fingerprint density at radius 1 is 1.39 bits per heavy atom. The van der Waals surface area contributed by atoms with Gasteiger partial charge in [-0.15, -0.1) is 0 Å². The second kappa shape index (κ2) is 6.07. The van der Waals surface area contributed by atoms with Crippen LogP contribution in [0.5, 0.6) is 0 Å². The van der Waals surface area contributed by atoms with Gasteiger partial charge in [-0.1, -0.05) is 25.4 Å². The molecule has 0 aromatic heterocycles. The zero-order valence-electron chi connectivity index (χ0n) is 11.2. The van der Waals surface area contributed by atoms with E-state index in [2.05, 4.69) is 5.32 Å². The van der Waals surface area contributed by atoms with Crippen LogP contribution in [0.1, 0.15) is 13.8 Å². The number of nitrogens with one attached hydrogen (secondary N) is 1. The quantitative estimate of drug-likeness (QED) is 0.882. The van der Waals surface area contributed by atoms with E-state index in [0.29, 0.717) is 10.7 Å². The van der Waals surface area contributed by atoms with Crippen molar-refractivity contribution in [2.45, 2.75) is 19.9 Å². The average molecular weight is 270 g/mol. The Hall–Kier alpha value is -1.26. The van der Waals surface area contributed by atoms with Crippen LogP contribution < -0.4 is 16.0 Å². The molecule has 4 nitrogen and oxygen atoms in total. The Labute approximate surface area is 113 Å². The number of carbonyl (C=O) groups is 1. The number of rotatable bonds is 4. The molecule has 3 N–H and O–H groups in total. The molecule has 0 bridgehead atoms. The highest BCUT2D eigenvalue weighted by Gasteiger charge is 2.18. The smallest absolute Gasteiger partial charge is 0.241 e. The third-order valence-electron chi connectivity index (χ3n) is 2.72. The summed E-state index contributed by atoms with van der Waals surface area (Å²) in [6.45, 7) is 3.82. The molecule has 1 aromatic carbocycles. The van der Waals surface area contributed by atoms with Crippen molar-refractivity contribution in [3.8, 4) is 0 Å². The Bertz CT molecular complexity index is 432. The molecule has 0 saturated heterocycles. The molecule has 0 heterocycles. The molecule has 0 aliphatic heterocycles. The predicted octanol–water partition coefficient (Wildman–Crippen LogP) is 2.33. The highest BCUT2D eigenvalue weighted by Crippen LogP contribution is 2.28. The molecule has 0 unspecified atom stereocenters. The van der Waals surface area contributed by atoms with Gasteiger partial charge in [0.05, 0.1) is 17.4 Å². The van der Waals surface area contributed by atoms with Crippen molar-refractivity contribution in [3.05, 3.63) is 23.2 Å². The van der Waals surface area contributed by atoms with Crippen molar-refractivity contribution in [1.82, 2.24) is 0 Å². The van der Waals surface area contributed by atoms with Gasteiger partial charge in [-0.2, -0.15) is 0 Å². The van der Waals surface area contributed by atoms with Gasteiger partial charge < -0.3 is 16.0 Å². The maximum absolute atomic E-state index is 11.9. The van der Waals surface area contributed by atoms with Gasteiger partial charge in [-0.05, 0) is 24.1 Å². The van der Waals surface area contributed by atoms with E-state index in [9.17, 15) is 4.79 Å². The van der Waals surface area contributed by atoms with Gasteiger partial charge in [0.25, 0.3) is 0 Å². The molecular weight excluding hydrogens is 250 g/mol. The van der Waals surface area contributed by atoms with Crippen molar-refractivity contribution in [3.63, 3.8) is 0 Å². The van der Waals surface area contributed by atoms with Gasteiger partial charge in [-0.25, -0.2) is 0 Å². The van der Waals surface area contributed by atoms with Crippen molar-refractivity contribution in [1.29, 1.82) is 0 Å². The summed E-state index contributed by atoms with van der Waals surface area (Å²) >= 11 is 5.95. The summed E-state index contributed by atoms with van der Waals surface area (Å²) in [5, 5.41) is 3.40. The summed E-state index contributed by atoms with van der Waals surface area (Å²) in [5.41, 5.74) is 7.38. The van der Waals surface area contributed by atoms with Crippen molar-refractivity contribution in [2.75, 3.05) is 24.3 Å². The van der Waals surface area contributed by atoms with Gasteiger partial charge in [-0.3, -0.25) is 4.79 Å². The lowest BCUT2D eigenvalue weighted by molar-refractivity contribution is -0.118. The predicted molar refractivity (Wildman–Crippen MR) is 77.2 cm³/mol. The molecule has 18 heavy (non-hydrogen) atoms. The number of amides is 1. The monoisotopic (exact) mass is 269 g/mol. The van der Waals surface area contributed by atoms with Crippen LogP contribution in [0.15, 0.2) is 18.2 Å². The Balaban J connectivity index is 2.96. The largest absolute Gasteiger partial charge is 0.376 e. The summed E-state index contributed by atoms with van der Waals surface area (Å²) in [7, 11) is 3.81. The zero-order valence-corrected chi connectivity index (χ0v) is 12.0. The summed E-state index contributed by atoms with van der Waals surface area (Å²) in [5.74, 6) is -0.109. The van der Waals surface area contributed by atoms with Gasteiger partial charge in [0.15, 0.2) is 0 Å². The van der Waals surface area contributed by atoms with Crippen LogP contribution in [0.25, 0.3) is 0 Å². The minimum atomic E-state index is -0.529. The summed E-state index contributed by atoms with van der Waals surface area (Å²) in [4.78, 5) is 13.9. The van der Waals surface area contributed by atoms with Crippen LogP contribution in [0, 0.1) is 5.92 Å². The van der Waals surface area contributed by atoms with Gasteiger partial charge >= 0.3 is 0 Å². The van der Waals surface area contributed by atoms with Crippen LogP contribution in [0.4, 0.5) is 11.4 Å². The number of nitrogens with two attached hydrogens (primary N) is 1. The number of benzene rings is 1. The molecule has 0 aliphatic carbocycles. The Morgan fingerprint density at radius 3 is 2.50 bits per heavy atom. The lowest BCUT2D eigenvalue weighted by atomic mass is 10.0. The van der Waals surface area contributed by atoms with Gasteiger partial charge in [0.2, 0.25) is 5.91 Å². The standard InChI is InChI=1S/C13H20ClN3O/c1-8(2)12(15)13(18)16-10-7-9(14)5-6-11(10)17(3)4/h5-8,12H,15H2,1-4H3,(H,16,18)/t12-/m0/s1. The average Bonchev–Trinajstić information content (AvgIpc) is 2.27. The van der Waals surface area contributed by atoms with Crippen LogP contribution >= 0.6 is 11.6 Å². The fourth-order valence-electron chi connectivity index (χ4n) is 1.52. The van der Waals surface area contributed by atoms with Crippen molar-refractivity contribution >= 4 is 28.9 Å². The number of hydrogen-bond donors (Lipinski definition) is 2. The number of anilines is 2. The molecule has 0 fully saturated rings. The first kappa shape index (κ1) is 14.8. The first-order valence-electron chi connectivity index (χ1n) is 5.86. The molecule has 100 valence electrons. The van der Waals surface area contributed by atoms with Crippen molar-refractivity contribution < 1.29 is 4.79 Å². The Kier molecular flexibility index (Phi) is 4.99. The molecule has 5 heteroatoms. The molecule has 0 saturated carbocycles. The summed E-state index contributed by atoms with van der Waals surface area (Å²) < 4.78 is 0. The number of carbonyl (C=O) groups excluding carboxylic acids is 1. The normalized spacial score (nSPS) is 12.4. The third-order valence-corrected chi connectivity index (χ3v) is 2.95. The van der Waals surface area contributed by atoms with E-state index >= 15 is 0 Å². The minimum Gasteiger partial charge on any atom is -0.376 e. The van der Waals surface area contributed by atoms with E-state index in [1.54, 1.807) is 12.1 Å². The third kappa shape index (κ3) is 3.62. The molecule has 1 aromatic rings. The van der Waals surface area contributed by atoms with E-state index in [-0.39, 0.29) is 11.8 Å². The second-order valence-electron chi connectivity index (χ2n) is 4.81. The summed E-state index contributed by atoms with van der Waals surface area (Å²) in [6.07, 6.45) is 0.